The first-order chi connectivity index (χ1) is 4.41. The van der Waals surface area contributed by atoms with Crippen LogP contribution in [0.5, 0.6) is 0 Å². The van der Waals surface area contributed by atoms with E-state index in [0.29, 0.717) is 13.0 Å². The largest absolute Gasteiger partial charge is 0.502 e. The van der Waals surface area contributed by atoms with Crippen molar-refractivity contribution in [3.8, 4) is 0 Å². The van der Waals surface area contributed by atoms with Crippen molar-refractivity contribution in [2.24, 2.45) is 0 Å². The van der Waals surface area contributed by atoms with Crippen LogP contribution in [0.25, 0.3) is 0 Å². The molecule has 1 nitrogen and oxygen atoms in total. The molecule has 11 heavy (non-hydrogen) atoms. The van der Waals surface area contributed by atoms with Gasteiger partial charge in [-0.3, -0.25) is 4.39 Å². The van der Waals surface area contributed by atoms with Gasteiger partial charge in [0.15, 0.2) is 0 Å². The number of alkyl halides is 1. The topological polar surface area (TPSA) is 9.23 Å². The Labute approximate surface area is 66.7 Å². The minimum Gasteiger partial charge on any atom is -0.502 e. The fraction of sp³-hybridized carbons (Fsp3) is 0.714. The summed E-state index contributed by atoms with van der Waals surface area (Å²) < 4.78 is 31.8. The zero-order valence-corrected chi connectivity index (χ0v) is 4.95. The van der Waals surface area contributed by atoms with Gasteiger partial charge in [-0.2, -0.15) is 0 Å². The molecule has 0 aliphatic rings. The van der Waals surface area contributed by atoms with Crippen molar-refractivity contribution < 1.29 is 18.3 Å². The molecule has 0 heterocycles. The van der Waals surface area contributed by atoms with Crippen LogP contribution in [0.2, 0.25) is 0 Å². The fourth-order valence-electron chi connectivity index (χ4n) is 0.221. The van der Waals surface area contributed by atoms with Crippen LogP contribution in [0, 0.1) is 0 Å². The molecule has 0 unspecified atom stereocenters. The maximum absolute atomic E-state index is 11.2. The Morgan fingerprint density at radius 3 is 2.00 bits per heavy atom. The lowest BCUT2D eigenvalue weighted by atomic mass is 10.5. The molecule has 0 saturated heterocycles. The van der Waals surface area contributed by atoms with Crippen LogP contribution in [0.3, 0.4) is 0 Å². The normalized spacial score (nSPS) is 5.73. The average Bonchev–Trinajstić information content (AvgIpc) is 1.94. The van der Waals surface area contributed by atoms with E-state index in [0.717, 1.165) is 0 Å². The number of ether oxygens (including phenoxy) is 1. The van der Waals surface area contributed by atoms with Crippen molar-refractivity contribution in [3.05, 3.63) is 12.8 Å². The number of hydrogen-bond donors (Lipinski definition) is 0. The van der Waals surface area contributed by atoms with E-state index in [-0.39, 0.29) is 21.5 Å². The lowest BCUT2D eigenvalue weighted by molar-refractivity contribution is 0.108. The summed E-state index contributed by atoms with van der Waals surface area (Å²) in [6, 6.07) is 0. The monoisotopic (exact) mass is 174 g/mol. The SMILES string of the molecule is C.C.C=COCCCF.FF. The third kappa shape index (κ3) is 45.2. The second-order valence-electron chi connectivity index (χ2n) is 1.08. The standard InChI is InChI=1S/C5H9FO.2CH4.F2/c1-2-7-5-3-4-6;;;1-2/h2H,1,3-5H2;2*1H4;. The molecule has 0 rings (SSSR count). The van der Waals surface area contributed by atoms with E-state index in [1.807, 2.05) is 0 Å². The third-order valence-corrected chi connectivity index (χ3v) is 0.514. The maximum Gasteiger partial charge on any atom is 0.0926 e. The van der Waals surface area contributed by atoms with Crippen LogP contribution < -0.4 is 0 Å². The molecule has 0 atom stereocenters. The highest BCUT2D eigenvalue weighted by molar-refractivity contribution is 4.47. The Kier molecular flexibility index (Phi) is 70.4. The first kappa shape index (κ1) is 22.4. The maximum atomic E-state index is 11.2. The molecule has 4 heteroatoms. The minimum atomic E-state index is -0.312. The second-order valence-corrected chi connectivity index (χ2v) is 1.08. The van der Waals surface area contributed by atoms with Gasteiger partial charge in [0.25, 0.3) is 0 Å². The van der Waals surface area contributed by atoms with Crippen LogP contribution in [-0.2, 0) is 4.74 Å². The van der Waals surface area contributed by atoms with E-state index < -0.39 is 0 Å². The van der Waals surface area contributed by atoms with E-state index >= 15 is 0 Å². The van der Waals surface area contributed by atoms with Gasteiger partial charge in [-0.05, 0) is 0 Å². The lowest BCUT2D eigenvalue weighted by Gasteiger charge is -1.92. The van der Waals surface area contributed by atoms with Crippen molar-refractivity contribution >= 4 is 0 Å². The molecule has 0 aromatic rings. The zero-order valence-electron chi connectivity index (χ0n) is 4.95. The Hall–Kier alpha value is -0.670. The van der Waals surface area contributed by atoms with Crippen LogP contribution in [-0.4, -0.2) is 13.3 Å². The molecule has 0 radical (unpaired) electrons. The van der Waals surface area contributed by atoms with E-state index in [9.17, 15) is 4.39 Å². The van der Waals surface area contributed by atoms with Gasteiger partial charge in [-0.1, -0.05) is 21.4 Å². The van der Waals surface area contributed by atoms with Gasteiger partial charge in [0.05, 0.1) is 19.5 Å². The van der Waals surface area contributed by atoms with Crippen molar-refractivity contribution in [2.45, 2.75) is 21.3 Å². The zero-order chi connectivity index (χ0) is 7.54. The fourth-order valence-corrected chi connectivity index (χ4v) is 0.221. The van der Waals surface area contributed by atoms with Crippen LogP contribution in [0.4, 0.5) is 13.5 Å². The minimum absolute atomic E-state index is 0. The van der Waals surface area contributed by atoms with Crippen molar-refractivity contribution in [1.29, 1.82) is 0 Å². The number of hydrogen-bond acceptors (Lipinski definition) is 1. The molecule has 0 bridgehead atoms. The second kappa shape index (κ2) is 34.5. The van der Waals surface area contributed by atoms with Gasteiger partial charge in [-0.15, -0.1) is 0 Å². The molecule has 72 valence electrons. The summed E-state index contributed by atoms with van der Waals surface area (Å²) in [6.45, 7) is 3.42. The van der Waals surface area contributed by atoms with Crippen LogP contribution >= 0.6 is 0 Å². The third-order valence-electron chi connectivity index (χ3n) is 0.514. The highest BCUT2D eigenvalue weighted by Gasteiger charge is 1.79. The molecule has 0 amide bonds. The Balaban J connectivity index is -0.0000000564. The van der Waals surface area contributed by atoms with Crippen LogP contribution in [0.15, 0.2) is 12.8 Å². The van der Waals surface area contributed by atoms with Crippen molar-refractivity contribution in [2.75, 3.05) is 13.3 Å². The van der Waals surface area contributed by atoms with Gasteiger partial charge in [0.2, 0.25) is 0 Å². The van der Waals surface area contributed by atoms with Gasteiger partial charge >= 0.3 is 0 Å². The first-order valence-corrected chi connectivity index (χ1v) is 2.34. The van der Waals surface area contributed by atoms with Crippen LogP contribution in [0.1, 0.15) is 21.3 Å². The Morgan fingerprint density at radius 2 is 1.73 bits per heavy atom. The van der Waals surface area contributed by atoms with E-state index in [2.05, 4.69) is 11.3 Å². The van der Waals surface area contributed by atoms with E-state index in [4.69, 9.17) is 9.15 Å². The first-order valence-electron chi connectivity index (χ1n) is 2.34. The number of rotatable bonds is 4. The van der Waals surface area contributed by atoms with E-state index in [1.165, 1.54) is 6.26 Å². The summed E-state index contributed by atoms with van der Waals surface area (Å²) in [5, 5.41) is 0. The molecule has 0 spiro atoms. The summed E-state index contributed by atoms with van der Waals surface area (Å²) >= 11 is 0. The summed E-state index contributed by atoms with van der Waals surface area (Å²) in [6.07, 6.45) is 1.78. The highest BCUT2D eigenvalue weighted by atomic mass is 20.0. The predicted octanol–water partition coefficient (Wildman–Crippen LogP) is 3.62. The molecule has 0 aliphatic carbocycles. The van der Waals surface area contributed by atoms with Gasteiger partial charge in [0.1, 0.15) is 0 Å². The summed E-state index contributed by atoms with van der Waals surface area (Å²) in [4.78, 5) is 0. The van der Waals surface area contributed by atoms with Gasteiger partial charge < -0.3 is 4.74 Å². The van der Waals surface area contributed by atoms with E-state index in [1.54, 1.807) is 0 Å². The quantitative estimate of drug-likeness (QED) is 0.467. The Morgan fingerprint density at radius 1 is 1.27 bits per heavy atom. The smallest absolute Gasteiger partial charge is 0.0926 e. The lowest BCUT2D eigenvalue weighted by Crippen LogP contribution is -1.86. The molecule has 0 saturated carbocycles. The van der Waals surface area contributed by atoms with Gasteiger partial charge in [-0.25, -0.2) is 0 Å². The van der Waals surface area contributed by atoms with Gasteiger partial charge in [0, 0.05) is 15.6 Å². The van der Waals surface area contributed by atoms with Crippen molar-refractivity contribution in [3.63, 3.8) is 0 Å². The Bertz CT molecular complexity index is 51.0. The molecule has 0 fully saturated rings. The summed E-state index contributed by atoms with van der Waals surface area (Å²) in [7, 11) is 0. The number of halogens is 3. The average molecular weight is 174 g/mol. The predicted molar refractivity (Wildman–Crippen MR) is 42.4 cm³/mol. The molecule has 0 aliphatic heterocycles. The molecular weight excluding hydrogens is 157 g/mol. The summed E-state index contributed by atoms with van der Waals surface area (Å²) in [5.74, 6) is 0. The summed E-state index contributed by atoms with van der Waals surface area (Å²) in [5.41, 5.74) is 0. The molecular formula is C7H17F3O. The molecule has 0 N–H and O–H groups in total. The molecule has 0 aromatic heterocycles. The van der Waals surface area contributed by atoms with Crippen molar-refractivity contribution in [1.82, 2.24) is 0 Å². The highest BCUT2D eigenvalue weighted by Crippen LogP contribution is 1.81. The molecule has 0 aromatic carbocycles.